The molecule has 0 aliphatic rings. The van der Waals surface area contributed by atoms with E-state index in [1.54, 1.807) is 20.0 Å². The number of aryl methyl sites for hydroxylation is 3. The van der Waals surface area contributed by atoms with Gasteiger partial charge in [0.15, 0.2) is 5.65 Å². The molecule has 0 saturated carbocycles. The third kappa shape index (κ3) is 3.55. The average Bonchev–Trinajstić information content (AvgIpc) is 2.85. The Bertz CT molecular complexity index is 988. The van der Waals surface area contributed by atoms with E-state index in [0.717, 1.165) is 11.3 Å². The summed E-state index contributed by atoms with van der Waals surface area (Å²) >= 11 is 0. The van der Waals surface area contributed by atoms with Crippen molar-refractivity contribution in [1.82, 2.24) is 20.1 Å². The Labute approximate surface area is 144 Å². The summed E-state index contributed by atoms with van der Waals surface area (Å²) in [5, 5.41) is 5.71. The van der Waals surface area contributed by atoms with Crippen LogP contribution in [0.3, 0.4) is 0 Å². The summed E-state index contributed by atoms with van der Waals surface area (Å²) in [6, 6.07) is 9.33. The first kappa shape index (κ1) is 16.8. The molecule has 0 fully saturated rings. The molecule has 0 unspecified atom stereocenters. The SMILES string of the molecule is Cc1cccc(OCCNC(=O)c2cc(C)nc3c2c(=O)[nH]n3C)c1. The molecule has 2 aromatic heterocycles. The van der Waals surface area contributed by atoms with E-state index in [0.29, 0.717) is 35.4 Å². The van der Waals surface area contributed by atoms with Crippen LogP contribution in [0, 0.1) is 13.8 Å². The van der Waals surface area contributed by atoms with Gasteiger partial charge in [-0.15, -0.1) is 0 Å². The van der Waals surface area contributed by atoms with Crippen molar-refractivity contribution in [2.24, 2.45) is 7.05 Å². The molecular formula is C18H20N4O3. The van der Waals surface area contributed by atoms with Gasteiger partial charge in [-0.25, -0.2) is 4.98 Å². The fourth-order valence-electron chi connectivity index (χ4n) is 2.70. The van der Waals surface area contributed by atoms with Gasteiger partial charge < -0.3 is 10.1 Å². The predicted molar refractivity (Wildman–Crippen MR) is 95.1 cm³/mol. The summed E-state index contributed by atoms with van der Waals surface area (Å²) in [5.74, 6) is 0.441. The van der Waals surface area contributed by atoms with Crippen molar-refractivity contribution in [3.63, 3.8) is 0 Å². The first-order valence-corrected chi connectivity index (χ1v) is 7.99. The second-order valence-corrected chi connectivity index (χ2v) is 5.93. The number of aromatic nitrogens is 3. The van der Waals surface area contributed by atoms with Crippen molar-refractivity contribution < 1.29 is 9.53 Å². The van der Waals surface area contributed by atoms with E-state index < -0.39 is 0 Å². The van der Waals surface area contributed by atoms with E-state index in [9.17, 15) is 9.59 Å². The number of carbonyl (C=O) groups is 1. The molecule has 3 rings (SSSR count). The van der Waals surface area contributed by atoms with Crippen LogP contribution in [0.5, 0.6) is 5.75 Å². The van der Waals surface area contributed by atoms with Crippen molar-refractivity contribution in [2.75, 3.05) is 13.2 Å². The lowest BCUT2D eigenvalue weighted by atomic mass is 10.1. The largest absolute Gasteiger partial charge is 0.492 e. The van der Waals surface area contributed by atoms with Gasteiger partial charge in [0.05, 0.1) is 17.5 Å². The van der Waals surface area contributed by atoms with Crippen LogP contribution in [-0.2, 0) is 7.05 Å². The minimum absolute atomic E-state index is 0.296. The van der Waals surface area contributed by atoms with Crippen molar-refractivity contribution in [3.8, 4) is 5.75 Å². The molecule has 1 amide bonds. The second-order valence-electron chi connectivity index (χ2n) is 5.93. The summed E-state index contributed by atoms with van der Waals surface area (Å²) < 4.78 is 7.13. The highest BCUT2D eigenvalue weighted by molar-refractivity contribution is 6.05. The fraction of sp³-hybridized carbons (Fsp3) is 0.278. The van der Waals surface area contributed by atoms with Crippen molar-refractivity contribution in [2.45, 2.75) is 13.8 Å². The molecule has 130 valence electrons. The van der Waals surface area contributed by atoms with Crippen LogP contribution < -0.4 is 15.6 Å². The highest BCUT2D eigenvalue weighted by Gasteiger charge is 2.17. The maximum atomic E-state index is 12.5. The standard InChI is InChI=1S/C18H20N4O3/c1-11-5-4-6-13(9-11)25-8-7-19-17(23)14-10-12(2)20-16-15(14)18(24)21-22(16)3/h4-6,9-10H,7-8H2,1-3H3,(H,19,23)(H,21,24). The van der Waals surface area contributed by atoms with Crippen LogP contribution in [0.2, 0.25) is 0 Å². The van der Waals surface area contributed by atoms with Gasteiger partial charge in [0.1, 0.15) is 12.4 Å². The number of nitrogens with one attached hydrogen (secondary N) is 2. The van der Waals surface area contributed by atoms with E-state index in [4.69, 9.17) is 4.74 Å². The lowest BCUT2D eigenvalue weighted by Crippen LogP contribution is -2.29. The van der Waals surface area contributed by atoms with E-state index in [2.05, 4.69) is 15.4 Å². The number of rotatable bonds is 5. The summed E-state index contributed by atoms with van der Waals surface area (Å²) in [6.45, 7) is 4.45. The smallest absolute Gasteiger partial charge is 0.274 e. The molecule has 7 nitrogen and oxygen atoms in total. The Hall–Kier alpha value is -3.09. The minimum atomic E-state index is -0.328. The normalized spacial score (nSPS) is 10.8. The quantitative estimate of drug-likeness (QED) is 0.692. The zero-order chi connectivity index (χ0) is 18.0. The Kier molecular flexibility index (Phi) is 4.56. The number of fused-ring (bicyclic) bond motifs is 1. The van der Waals surface area contributed by atoms with Crippen LogP contribution in [0.25, 0.3) is 11.0 Å². The molecule has 0 bridgehead atoms. The Morgan fingerprint density at radius 1 is 1.32 bits per heavy atom. The van der Waals surface area contributed by atoms with Gasteiger partial charge in [0.2, 0.25) is 0 Å². The molecule has 0 aliphatic heterocycles. The van der Waals surface area contributed by atoms with Crippen molar-refractivity contribution in [3.05, 3.63) is 57.5 Å². The number of aromatic amines is 1. The van der Waals surface area contributed by atoms with Gasteiger partial charge in [-0.3, -0.25) is 19.4 Å². The number of hydrogen-bond acceptors (Lipinski definition) is 4. The third-order valence-corrected chi connectivity index (χ3v) is 3.83. The number of ether oxygens (including phenoxy) is 1. The third-order valence-electron chi connectivity index (χ3n) is 3.83. The van der Waals surface area contributed by atoms with E-state index >= 15 is 0 Å². The first-order valence-electron chi connectivity index (χ1n) is 7.99. The minimum Gasteiger partial charge on any atom is -0.492 e. The predicted octanol–water partition coefficient (Wildman–Crippen LogP) is 1.69. The molecule has 2 N–H and O–H groups in total. The van der Waals surface area contributed by atoms with Crippen molar-refractivity contribution >= 4 is 16.9 Å². The van der Waals surface area contributed by atoms with Gasteiger partial charge in [-0.2, -0.15) is 0 Å². The summed E-state index contributed by atoms with van der Waals surface area (Å²) in [7, 11) is 1.69. The molecule has 7 heteroatoms. The lowest BCUT2D eigenvalue weighted by molar-refractivity contribution is 0.0948. The molecule has 0 spiro atoms. The highest BCUT2D eigenvalue weighted by atomic mass is 16.5. The van der Waals surface area contributed by atoms with E-state index in [1.165, 1.54) is 4.68 Å². The zero-order valence-electron chi connectivity index (χ0n) is 14.4. The molecule has 25 heavy (non-hydrogen) atoms. The molecule has 2 heterocycles. The number of carbonyl (C=O) groups excluding carboxylic acids is 1. The Morgan fingerprint density at radius 2 is 2.12 bits per heavy atom. The van der Waals surface area contributed by atoms with Crippen LogP contribution >= 0.6 is 0 Å². The summed E-state index contributed by atoms with van der Waals surface area (Å²) in [6.07, 6.45) is 0. The number of nitrogens with zero attached hydrogens (tertiary/aromatic N) is 2. The number of H-pyrrole nitrogens is 1. The maximum Gasteiger partial charge on any atom is 0.274 e. The average molecular weight is 340 g/mol. The monoisotopic (exact) mass is 340 g/mol. The first-order chi connectivity index (χ1) is 12.0. The van der Waals surface area contributed by atoms with Gasteiger partial charge in [-0.05, 0) is 37.6 Å². The molecule has 0 radical (unpaired) electrons. The summed E-state index contributed by atoms with van der Waals surface area (Å²) in [5.41, 5.74) is 2.24. The zero-order valence-corrected chi connectivity index (χ0v) is 14.4. The molecule has 0 aliphatic carbocycles. The van der Waals surface area contributed by atoms with Gasteiger partial charge >= 0.3 is 0 Å². The molecule has 3 aromatic rings. The Balaban J connectivity index is 1.69. The lowest BCUT2D eigenvalue weighted by Gasteiger charge is -2.09. The van der Waals surface area contributed by atoms with E-state index in [1.807, 2.05) is 31.2 Å². The van der Waals surface area contributed by atoms with Crippen molar-refractivity contribution in [1.29, 1.82) is 0 Å². The number of benzene rings is 1. The molecule has 0 atom stereocenters. The highest BCUT2D eigenvalue weighted by Crippen LogP contribution is 2.14. The van der Waals surface area contributed by atoms with Crippen LogP contribution in [0.4, 0.5) is 0 Å². The van der Waals surface area contributed by atoms with Crippen LogP contribution in [-0.4, -0.2) is 33.8 Å². The fourth-order valence-corrected chi connectivity index (χ4v) is 2.70. The number of hydrogen-bond donors (Lipinski definition) is 2. The van der Waals surface area contributed by atoms with Gasteiger partial charge in [0, 0.05) is 12.7 Å². The van der Waals surface area contributed by atoms with E-state index in [-0.39, 0.29) is 11.5 Å². The molecule has 0 saturated heterocycles. The van der Waals surface area contributed by atoms with Crippen LogP contribution in [0.15, 0.2) is 35.1 Å². The molecule has 1 aromatic carbocycles. The topological polar surface area (TPSA) is 89.0 Å². The van der Waals surface area contributed by atoms with Gasteiger partial charge in [0.25, 0.3) is 11.5 Å². The second kappa shape index (κ2) is 6.80. The van der Waals surface area contributed by atoms with Gasteiger partial charge in [-0.1, -0.05) is 12.1 Å². The summed E-state index contributed by atoms with van der Waals surface area (Å²) in [4.78, 5) is 28.9. The number of pyridine rings is 1. The maximum absolute atomic E-state index is 12.5. The molecular weight excluding hydrogens is 320 g/mol. The van der Waals surface area contributed by atoms with Crippen LogP contribution in [0.1, 0.15) is 21.6 Å². The Morgan fingerprint density at radius 3 is 2.88 bits per heavy atom. The number of amides is 1.